The number of rotatable bonds is 6. The number of carbonyl (C=O) groups is 1. The highest BCUT2D eigenvalue weighted by Crippen LogP contribution is 2.24. The Kier molecular flexibility index (Phi) is 8.00. The molecule has 0 bridgehead atoms. The van der Waals surface area contributed by atoms with Gasteiger partial charge in [-0.2, -0.15) is 0 Å². The average molecular weight is 369 g/mol. The number of nitrogens with one attached hydrogen (secondary N) is 1. The number of nitrogens with two attached hydrogens (primary N) is 1. The Morgan fingerprint density at radius 3 is 2.36 bits per heavy atom. The van der Waals surface area contributed by atoms with Gasteiger partial charge in [0.25, 0.3) is 0 Å². The number of hydrogen-bond acceptors (Lipinski definition) is 2. The predicted octanol–water partition coefficient (Wildman–Crippen LogP) is 4.29. The van der Waals surface area contributed by atoms with Gasteiger partial charge in [-0.05, 0) is 18.1 Å². The van der Waals surface area contributed by atoms with E-state index in [0.29, 0.717) is 6.42 Å². The van der Waals surface area contributed by atoms with Crippen LogP contribution in [0.2, 0.25) is 0 Å². The lowest BCUT2D eigenvalue weighted by molar-refractivity contribution is -0.126. The molecule has 0 aliphatic carbocycles. The van der Waals surface area contributed by atoms with Gasteiger partial charge in [0.1, 0.15) is 11.6 Å². The molecule has 2 aromatic rings. The standard InChI is InChI=1S/C19H22F2N2O.ClH/c1-3-17(15-10-9-14(20)11-16(15)21)23-19(24)12(2)18(22)13-7-5-4-6-8-13;/h4-12,17-18H,3,22H2,1-2H3,(H,23,24);1H. The monoisotopic (exact) mass is 368 g/mol. The summed E-state index contributed by atoms with van der Waals surface area (Å²) < 4.78 is 27.0. The number of benzene rings is 2. The molecule has 0 aromatic heterocycles. The summed E-state index contributed by atoms with van der Waals surface area (Å²) in [4.78, 5) is 12.5. The normalized spacial score (nSPS) is 14.1. The van der Waals surface area contributed by atoms with Crippen LogP contribution in [0.5, 0.6) is 0 Å². The number of halogens is 3. The quantitative estimate of drug-likeness (QED) is 0.799. The Morgan fingerprint density at radius 1 is 1.16 bits per heavy atom. The van der Waals surface area contributed by atoms with Gasteiger partial charge in [0.05, 0.1) is 12.0 Å². The second kappa shape index (κ2) is 9.49. The van der Waals surface area contributed by atoms with Crippen LogP contribution in [0.25, 0.3) is 0 Å². The Labute approximate surface area is 153 Å². The second-order valence-electron chi connectivity index (χ2n) is 5.86. The smallest absolute Gasteiger partial charge is 0.225 e. The summed E-state index contributed by atoms with van der Waals surface area (Å²) in [6.07, 6.45) is 0.488. The zero-order valence-electron chi connectivity index (χ0n) is 14.2. The molecular weight excluding hydrogens is 346 g/mol. The summed E-state index contributed by atoms with van der Waals surface area (Å²) in [5.41, 5.74) is 7.29. The topological polar surface area (TPSA) is 55.1 Å². The first-order valence-corrected chi connectivity index (χ1v) is 7.99. The largest absolute Gasteiger partial charge is 0.349 e. The van der Waals surface area contributed by atoms with Crippen molar-refractivity contribution in [3.63, 3.8) is 0 Å². The first-order chi connectivity index (χ1) is 11.4. The van der Waals surface area contributed by atoms with Gasteiger partial charge in [-0.15, -0.1) is 12.4 Å². The van der Waals surface area contributed by atoms with Crippen molar-refractivity contribution in [3.8, 4) is 0 Å². The molecule has 0 aliphatic heterocycles. The molecule has 1 amide bonds. The molecule has 2 aromatic carbocycles. The molecule has 0 saturated carbocycles. The minimum absolute atomic E-state index is 0. The maximum Gasteiger partial charge on any atom is 0.225 e. The summed E-state index contributed by atoms with van der Waals surface area (Å²) in [5.74, 6) is -2.05. The van der Waals surface area contributed by atoms with Crippen molar-refractivity contribution in [2.24, 2.45) is 11.7 Å². The molecule has 0 heterocycles. The minimum Gasteiger partial charge on any atom is -0.349 e. The van der Waals surface area contributed by atoms with Crippen molar-refractivity contribution in [1.82, 2.24) is 5.32 Å². The molecule has 2 rings (SSSR count). The predicted molar refractivity (Wildman–Crippen MR) is 97.3 cm³/mol. The highest BCUT2D eigenvalue weighted by atomic mass is 35.5. The van der Waals surface area contributed by atoms with Gasteiger partial charge in [0, 0.05) is 17.7 Å². The molecule has 3 nitrogen and oxygen atoms in total. The SMILES string of the molecule is CCC(NC(=O)C(C)C(N)c1ccccc1)c1ccc(F)cc1F.Cl. The van der Waals surface area contributed by atoms with Gasteiger partial charge in [0.15, 0.2) is 0 Å². The van der Waals surface area contributed by atoms with Crippen molar-refractivity contribution in [2.45, 2.75) is 32.4 Å². The Hall–Kier alpha value is -1.98. The minimum atomic E-state index is -0.665. The van der Waals surface area contributed by atoms with Crippen molar-refractivity contribution in [3.05, 3.63) is 71.3 Å². The van der Waals surface area contributed by atoms with Crippen LogP contribution in [0.4, 0.5) is 8.78 Å². The van der Waals surface area contributed by atoms with Gasteiger partial charge in [-0.25, -0.2) is 8.78 Å². The molecule has 0 spiro atoms. The lowest BCUT2D eigenvalue weighted by atomic mass is 9.93. The van der Waals surface area contributed by atoms with E-state index < -0.39 is 29.6 Å². The third kappa shape index (κ3) is 5.25. The van der Waals surface area contributed by atoms with Gasteiger partial charge < -0.3 is 11.1 Å². The first-order valence-electron chi connectivity index (χ1n) is 7.99. The van der Waals surface area contributed by atoms with Gasteiger partial charge in [0.2, 0.25) is 5.91 Å². The summed E-state index contributed by atoms with van der Waals surface area (Å²) in [6.45, 7) is 3.57. The van der Waals surface area contributed by atoms with E-state index in [1.165, 1.54) is 12.1 Å². The van der Waals surface area contributed by atoms with E-state index in [2.05, 4.69) is 5.32 Å². The number of amides is 1. The number of carbonyl (C=O) groups excluding carboxylic acids is 1. The molecule has 3 atom stereocenters. The molecule has 0 radical (unpaired) electrons. The molecule has 0 fully saturated rings. The molecular formula is C19H23ClF2N2O. The van der Waals surface area contributed by atoms with Crippen molar-refractivity contribution in [2.75, 3.05) is 0 Å². The Balaban J connectivity index is 0.00000312. The fourth-order valence-corrected chi connectivity index (χ4v) is 2.61. The third-order valence-corrected chi connectivity index (χ3v) is 4.20. The summed E-state index contributed by atoms with van der Waals surface area (Å²) in [7, 11) is 0. The summed E-state index contributed by atoms with van der Waals surface area (Å²) in [6, 6.07) is 11.7. The molecule has 25 heavy (non-hydrogen) atoms. The molecule has 3 unspecified atom stereocenters. The van der Waals surface area contributed by atoms with E-state index in [-0.39, 0.29) is 23.9 Å². The van der Waals surface area contributed by atoms with Crippen molar-refractivity contribution >= 4 is 18.3 Å². The van der Waals surface area contributed by atoms with Crippen LogP contribution in [0.3, 0.4) is 0 Å². The second-order valence-corrected chi connectivity index (χ2v) is 5.86. The fourth-order valence-electron chi connectivity index (χ4n) is 2.61. The zero-order valence-corrected chi connectivity index (χ0v) is 15.0. The summed E-state index contributed by atoms with van der Waals surface area (Å²) in [5, 5.41) is 2.81. The fraction of sp³-hybridized carbons (Fsp3) is 0.316. The zero-order chi connectivity index (χ0) is 17.7. The van der Waals surface area contributed by atoms with E-state index in [0.717, 1.165) is 11.6 Å². The first kappa shape index (κ1) is 21.1. The van der Waals surface area contributed by atoms with Gasteiger partial charge in [-0.3, -0.25) is 4.79 Å². The van der Waals surface area contributed by atoms with Crippen LogP contribution in [-0.2, 0) is 4.79 Å². The molecule has 6 heteroatoms. The van der Waals surface area contributed by atoms with Crippen LogP contribution in [-0.4, -0.2) is 5.91 Å². The van der Waals surface area contributed by atoms with Crippen LogP contribution >= 0.6 is 12.4 Å². The molecule has 3 N–H and O–H groups in total. The summed E-state index contributed by atoms with van der Waals surface area (Å²) >= 11 is 0. The van der Waals surface area contributed by atoms with E-state index in [9.17, 15) is 13.6 Å². The number of hydrogen-bond donors (Lipinski definition) is 2. The lowest BCUT2D eigenvalue weighted by Crippen LogP contribution is -2.37. The van der Waals surface area contributed by atoms with Crippen molar-refractivity contribution in [1.29, 1.82) is 0 Å². The maximum absolute atomic E-state index is 13.9. The van der Waals surface area contributed by atoms with Crippen LogP contribution in [0.1, 0.15) is 43.5 Å². The van der Waals surface area contributed by atoms with Gasteiger partial charge >= 0.3 is 0 Å². The average Bonchev–Trinajstić information content (AvgIpc) is 2.59. The van der Waals surface area contributed by atoms with E-state index >= 15 is 0 Å². The highest BCUT2D eigenvalue weighted by molar-refractivity contribution is 5.85. The molecule has 0 aliphatic rings. The highest BCUT2D eigenvalue weighted by Gasteiger charge is 2.25. The van der Waals surface area contributed by atoms with E-state index in [1.54, 1.807) is 6.92 Å². The van der Waals surface area contributed by atoms with Gasteiger partial charge in [-0.1, -0.05) is 50.2 Å². The third-order valence-electron chi connectivity index (χ3n) is 4.20. The van der Waals surface area contributed by atoms with Crippen LogP contribution in [0.15, 0.2) is 48.5 Å². The van der Waals surface area contributed by atoms with Crippen LogP contribution in [0, 0.1) is 17.6 Å². The van der Waals surface area contributed by atoms with Crippen LogP contribution < -0.4 is 11.1 Å². The Morgan fingerprint density at radius 2 is 1.80 bits per heavy atom. The Bertz CT molecular complexity index is 697. The van der Waals surface area contributed by atoms with Crippen molar-refractivity contribution < 1.29 is 13.6 Å². The lowest BCUT2D eigenvalue weighted by Gasteiger charge is -2.24. The molecule has 0 saturated heterocycles. The van der Waals surface area contributed by atoms with E-state index in [4.69, 9.17) is 5.73 Å². The molecule has 136 valence electrons. The van der Waals surface area contributed by atoms with E-state index in [1.807, 2.05) is 37.3 Å². The maximum atomic E-state index is 13.9.